The van der Waals surface area contributed by atoms with Crippen LogP contribution in [0.1, 0.15) is 40.2 Å². The first kappa shape index (κ1) is 13.2. The molecule has 0 bridgehead atoms. The number of benzene rings is 1. The van der Waals surface area contributed by atoms with Gasteiger partial charge in [0.15, 0.2) is 0 Å². The van der Waals surface area contributed by atoms with Gasteiger partial charge in [-0.3, -0.25) is 0 Å². The SMILES string of the molecule is CC(C)(C)O[C@H]1[C@@H](C#Cc2ccccc2)C1(C)C. The van der Waals surface area contributed by atoms with Crippen LogP contribution in [0.2, 0.25) is 0 Å². The predicted molar refractivity (Wildman–Crippen MR) is 75.2 cm³/mol. The van der Waals surface area contributed by atoms with Crippen molar-refractivity contribution in [2.45, 2.75) is 46.3 Å². The molecule has 0 saturated heterocycles. The molecule has 0 radical (unpaired) electrons. The van der Waals surface area contributed by atoms with Crippen molar-refractivity contribution in [3.8, 4) is 11.8 Å². The Hall–Kier alpha value is -1.26. The standard InChI is InChI=1S/C17H22O/c1-16(2,3)18-15-14(17(15,4)5)12-11-13-9-7-6-8-10-13/h6-10,14-15H,1-5H3/t14-,15+/m1/s1. The van der Waals surface area contributed by atoms with Crippen LogP contribution >= 0.6 is 0 Å². The summed E-state index contributed by atoms with van der Waals surface area (Å²) >= 11 is 0. The summed E-state index contributed by atoms with van der Waals surface area (Å²) < 4.78 is 6.06. The van der Waals surface area contributed by atoms with Gasteiger partial charge in [-0.1, -0.05) is 43.9 Å². The van der Waals surface area contributed by atoms with Crippen molar-refractivity contribution in [2.24, 2.45) is 11.3 Å². The molecular formula is C17H22O. The molecule has 96 valence electrons. The second-order valence-corrected chi connectivity index (χ2v) is 6.59. The third-order valence-corrected chi connectivity index (χ3v) is 3.35. The van der Waals surface area contributed by atoms with Gasteiger partial charge in [0.05, 0.1) is 17.6 Å². The molecule has 0 N–H and O–H groups in total. The Kier molecular flexibility index (Phi) is 3.25. The molecule has 2 rings (SSSR count). The first-order valence-electron chi connectivity index (χ1n) is 6.55. The Morgan fingerprint density at radius 3 is 2.28 bits per heavy atom. The van der Waals surface area contributed by atoms with Crippen molar-refractivity contribution in [1.29, 1.82) is 0 Å². The maximum absolute atomic E-state index is 6.06. The normalized spacial score (nSPS) is 25.2. The maximum Gasteiger partial charge on any atom is 0.0789 e. The molecule has 1 aliphatic carbocycles. The van der Waals surface area contributed by atoms with Crippen LogP contribution in [0.25, 0.3) is 0 Å². The third-order valence-electron chi connectivity index (χ3n) is 3.35. The van der Waals surface area contributed by atoms with Crippen molar-refractivity contribution < 1.29 is 4.74 Å². The van der Waals surface area contributed by atoms with Crippen LogP contribution in [0.5, 0.6) is 0 Å². The molecule has 0 heterocycles. The topological polar surface area (TPSA) is 9.23 Å². The minimum absolute atomic E-state index is 0.0921. The Balaban J connectivity index is 2.06. The van der Waals surface area contributed by atoms with E-state index in [9.17, 15) is 0 Å². The quantitative estimate of drug-likeness (QED) is 0.679. The zero-order valence-corrected chi connectivity index (χ0v) is 11.9. The van der Waals surface area contributed by atoms with E-state index in [0.29, 0.717) is 5.92 Å². The maximum atomic E-state index is 6.06. The van der Waals surface area contributed by atoms with Crippen LogP contribution < -0.4 is 0 Å². The molecule has 0 amide bonds. The first-order valence-corrected chi connectivity index (χ1v) is 6.55. The molecule has 0 aliphatic heterocycles. The van der Waals surface area contributed by atoms with Gasteiger partial charge < -0.3 is 4.74 Å². The summed E-state index contributed by atoms with van der Waals surface area (Å²) in [5, 5.41) is 0. The molecule has 1 nitrogen and oxygen atoms in total. The molecule has 1 fully saturated rings. The van der Waals surface area contributed by atoms with E-state index in [1.807, 2.05) is 30.3 Å². The zero-order valence-electron chi connectivity index (χ0n) is 11.9. The van der Waals surface area contributed by atoms with Crippen LogP contribution in [0, 0.1) is 23.2 Å². The fourth-order valence-corrected chi connectivity index (χ4v) is 2.14. The summed E-state index contributed by atoms with van der Waals surface area (Å²) in [4.78, 5) is 0. The van der Waals surface area contributed by atoms with Gasteiger partial charge in [-0.15, -0.1) is 0 Å². The molecule has 0 spiro atoms. The van der Waals surface area contributed by atoms with E-state index in [1.54, 1.807) is 0 Å². The molecule has 18 heavy (non-hydrogen) atoms. The van der Waals surface area contributed by atoms with Crippen molar-refractivity contribution in [3.63, 3.8) is 0 Å². The highest BCUT2D eigenvalue weighted by molar-refractivity contribution is 5.37. The Bertz CT molecular complexity index is 468. The van der Waals surface area contributed by atoms with Crippen molar-refractivity contribution in [1.82, 2.24) is 0 Å². The molecule has 0 unspecified atom stereocenters. The van der Waals surface area contributed by atoms with Gasteiger partial charge in [-0.2, -0.15) is 0 Å². The molecule has 1 aromatic rings. The van der Waals surface area contributed by atoms with Crippen LogP contribution in [-0.2, 0) is 4.74 Å². The van der Waals surface area contributed by atoms with E-state index in [4.69, 9.17) is 4.74 Å². The van der Waals surface area contributed by atoms with Gasteiger partial charge in [0.1, 0.15) is 0 Å². The molecule has 1 aliphatic rings. The minimum Gasteiger partial charge on any atom is -0.371 e. The summed E-state index contributed by atoms with van der Waals surface area (Å²) in [5.74, 6) is 6.95. The van der Waals surface area contributed by atoms with Gasteiger partial charge in [0, 0.05) is 11.0 Å². The van der Waals surface area contributed by atoms with E-state index < -0.39 is 0 Å². The van der Waals surface area contributed by atoms with Gasteiger partial charge in [0.2, 0.25) is 0 Å². The second-order valence-electron chi connectivity index (χ2n) is 6.59. The predicted octanol–water partition coefficient (Wildman–Crippen LogP) is 3.88. The fourth-order valence-electron chi connectivity index (χ4n) is 2.14. The van der Waals surface area contributed by atoms with Gasteiger partial charge >= 0.3 is 0 Å². The summed E-state index contributed by atoms with van der Waals surface area (Å²) in [6.07, 6.45) is 0.258. The van der Waals surface area contributed by atoms with E-state index >= 15 is 0 Å². The molecule has 1 heteroatoms. The Labute approximate surface area is 111 Å². The van der Waals surface area contributed by atoms with Gasteiger partial charge in [0.25, 0.3) is 0 Å². The average molecular weight is 242 g/mol. The highest BCUT2D eigenvalue weighted by Crippen LogP contribution is 2.55. The van der Waals surface area contributed by atoms with E-state index in [2.05, 4.69) is 46.5 Å². The highest BCUT2D eigenvalue weighted by Gasteiger charge is 2.59. The number of hydrogen-bond acceptors (Lipinski definition) is 1. The zero-order chi connectivity index (χ0) is 13.4. The monoisotopic (exact) mass is 242 g/mol. The van der Waals surface area contributed by atoms with Crippen molar-refractivity contribution in [3.05, 3.63) is 35.9 Å². The third kappa shape index (κ3) is 2.94. The Morgan fingerprint density at radius 1 is 1.11 bits per heavy atom. The number of hydrogen-bond donors (Lipinski definition) is 0. The van der Waals surface area contributed by atoms with E-state index in [0.717, 1.165) is 5.56 Å². The summed E-state index contributed by atoms with van der Waals surface area (Å²) in [5.41, 5.74) is 1.16. The summed E-state index contributed by atoms with van der Waals surface area (Å²) in [7, 11) is 0. The molecule has 1 saturated carbocycles. The molecular weight excluding hydrogens is 220 g/mol. The van der Waals surface area contributed by atoms with Gasteiger partial charge in [-0.25, -0.2) is 0 Å². The van der Waals surface area contributed by atoms with E-state index in [1.165, 1.54) is 0 Å². The van der Waals surface area contributed by atoms with Crippen LogP contribution in [0.15, 0.2) is 30.3 Å². The highest BCUT2D eigenvalue weighted by atomic mass is 16.5. The second kappa shape index (κ2) is 4.44. The van der Waals surface area contributed by atoms with Crippen molar-refractivity contribution in [2.75, 3.05) is 0 Å². The largest absolute Gasteiger partial charge is 0.371 e. The summed E-state index contributed by atoms with van der Waals surface area (Å²) in [6.45, 7) is 10.8. The molecule has 2 atom stereocenters. The molecule has 1 aromatic carbocycles. The lowest BCUT2D eigenvalue weighted by Gasteiger charge is -2.20. The smallest absolute Gasteiger partial charge is 0.0789 e. The molecule has 0 aromatic heterocycles. The van der Waals surface area contributed by atoms with Gasteiger partial charge in [-0.05, 0) is 32.9 Å². The lowest BCUT2D eigenvalue weighted by molar-refractivity contribution is -0.0310. The van der Waals surface area contributed by atoms with Crippen LogP contribution in [0.4, 0.5) is 0 Å². The first-order chi connectivity index (χ1) is 8.31. The minimum atomic E-state index is -0.0921. The van der Waals surface area contributed by atoms with Crippen LogP contribution in [-0.4, -0.2) is 11.7 Å². The van der Waals surface area contributed by atoms with E-state index in [-0.39, 0.29) is 17.1 Å². The van der Waals surface area contributed by atoms with Crippen molar-refractivity contribution >= 4 is 0 Å². The average Bonchev–Trinajstić information content (AvgIpc) is 2.76. The number of rotatable bonds is 1. The number of ether oxygens (including phenoxy) is 1. The lowest BCUT2D eigenvalue weighted by atomic mass is 10.1. The Morgan fingerprint density at radius 2 is 1.72 bits per heavy atom. The lowest BCUT2D eigenvalue weighted by Crippen LogP contribution is -2.22. The summed E-state index contributed by atoms with van der Waals surface area (Å²) in [6, 6.07) is 10.1. The fraction of sp³-hybridized carbons (Fsp3) is 0.529. The van der Waals surface area contributed by atoms with Crippen LogP contribution in [0.3, 0.4) is 0 Å².